The van der Waals surface area contributed by atoms with Gasteiger partial charge in [-0.3, -0.25) is 14.9 Å². The minimum absolute atomic E-state index is 0.0232. The number of nitrogens with one attached hydrogen (secondary N) is 1. The molecule has 0 radical (unpaired) electrons. The highest BCUT2D eigenvalue weighted by molar-refractivity contribution is 5.94. The summed E-state index contributed by atoms with van der Waals surface area (Å²) in [5.41, 5.74) is 4.50. The van der Waals surface area contributed by atoms with Crippen molar-refractivity contribution in [1.82, 2.24) is 20.1 Å². The Morgan fingerprint density at radius 3 is 2.82 bits per heavy atom. The second-order valence-corrected chi connectivity index (χ2v) is 9.05. The summed E-state index contributed by atoms with van der Waals surface area (Å²) in [7, 11) is 3.42. The first-order valence-corrected chi connectivity index (χ1v) is 11.5. The van der Waals surface area contributed by atoms with E-state index in [0.29, 0.717) is 24.6 Å². The summed E-state index contributed by atoms with van der Waals surface area (Å²) in [5, 5.41) is 17.8. The van der Waals surface area contributed by atoms with Crippen molar-refractivity contribution in [1.29, 1.82) is 0 Å². The van der Waals surface area contributed by atoms with Crippen LogP contribution in [-0.4, -0.2) is 45.3 Å². The number of benzene rings is 1. The average Bonchev–Trinajstić information content (AvgIpc) is 3.49. The highest BCUT2D eigenvalue weighted by atomic mass is 16.5. The van der Waals surface area contributed by atoms with Crippen molar-refractivity contribution in [2.75, 3.05) is 14.2 Å². The van der Waals surface area contributed by atoms with Crippen molar-refractivity contribution in [3.63, 3.8) is 0 Å². The number of ether oxygens (including phenoxy) is 1. The van der Waals surface area contributed by atoms with Gasteiger partial charge in [-0.2, -0.15) is 5.10 Å². The Balaban J connectivity index is 1.29. The van der Waals surface area contributed by atoms with Crippen LogP contribution in [0.15, 0.2) is 54.9 Å². The third kappa shape index (κ3) is 5.86. The smallest absolute Gasteiger partial charge is 0.253 e. The summed E-state index contributed by atoms with van der Waals surface area (Å²) >= 11 is 0. The SMILES string of the molecule is COCc1cc(CN(C)C(=O)c2ccc(C[C@@H]3CC[C@H]([C@H](O)c4cccnc4)C3)cc2)[nH]n1. The molecule has 1 fully saturated rings. The number of H-pyrrole nitrogens is 1. The zero-order chi connectivity index (χ0) is 23.2. The first-order valence-electron chi connectivity index (χ1n) is 11.5. The number of rotatable bonds is 9. The van der Waals surface area contributed by atoms with E-state index in [1.807, 2.05) is 30.3 Å². The maximum atomic E-state index is 12.8. The number of methoxy groups -OCH3 is 1. The van der Waals surface area contributed by atoms with Gasteiger partial charge in [0.2, 0.25) is 0 Å². The molecule has 0 aliphatic heterocycles. The highest BCUT2D eigenvalue weighted by Gasteiger charge is 2.30. The Hall–Kier alpha value is -3.03. The van der Waals surface area contributed by atoms with Crippen LogP contribution in [0.5, 0.6) is 0 Å². The Morgan fingerprint density at radius 2 is 2.09 bits per heavy atom. The van der Waals surface area contributed by atoms with Crippen molar-refractivity contribution < 1.29 is 14.6 Å². The van der Waals surface area contributed by atoms with Gasteiger partial charge < -0.3 is 14.7 Å². The molecular formula is C26H32N4O3. The second kappa shape index (κ2) is 10.7. The molecule has 4 rings (SSSR count). The summed E-state index contributed by atoms with van der Waals surface area (Å²) in [6.07, 6.45) is 7.17. The Morgan fingerprint density at radius 1 is 1.27 bits per heavy atom. The van der Waals surface area contributed by atoms with Gasteiger partial charge in [-0.15, -0.1) is 0 Å². The number of aromatic amines is 1. The van der Waals surface area contributed by atoms with Crippen molar-refractivity contribution in [2.45, 2.75) is 44.9 Å². The van der Waals surface area contributed by atoms with Crippen LogP contribution in [-0.2, 0) is 24.3 Å². The van der Waals surface area contributed by atoms with Crippen molar-refractivity contribution in [2.24, 2.45) is 11.8 Å². The molecule has 1 aromatic carbocycles. The summed E-state index contributed by atoms with van der Waals surface area (Å²) < 4.78 is 5.08. The lowest BCUT2D eigenvalue weighted by Gasteiger charge is -2.18. The van der Waals surface area contributed by atoms with Crippen molar-refractivity contribution in [3.8, 4) is 0 Å². The molecule has 0 spiro atoms. The topological polar surface area (TPSA) is 91.3 Å². The van der Waals surface area contributed by atoms with E-state index < -0.39 is 6.10 Å². The summed E-state index contributed by atoms with van der Waals surface area (Å²) in [5.74, 6) is 0.803. The van der Waals surface area contributed by atoms with Gasteiger partial charge in [-0.25, -0.2) is 0 Å². The molecule has 1 amide bonds. The largest absolute Gasteiger partial charge is 0.388 e. The minimum atomic E-state index is -0.445. The fourth-order valence-corrected chi connectivity index (χ4v) is 4.79. The van der Waals surface area contributed by atoms with Gasteiger partial charge >= 0.3 is 0 Å². The van der Waals surface area contributed by atoms with Gasteiger partial charge in [0.1, 0.15) is 0 Å². The Labute approximate surface area is 194 Å². The summed E-state index contributed by atoms with van der Waals surface area (Å²) in [6.45, 7) is 0.903. The fourth-order valence-electron chi connectivity index (χ4n) is 4.79. The Kier molecular flexibility index (Phi) is 7.52. The molecule has 174 valence electrons. The molecule has 2 N–H and O–H groups in total. The van der Waals surface area contributed by atoms with E-state index in [1.165, 1.54) is 5.56 Å². The number of aliphatic hydroxyl groups is 1. The van der Waals surface area contributed by atoms with Crippen LogP contribution >= 0.6 is 0 Å². The molecule has 1 saturated carbocycles. The lowest BCUT2D eigenvalue weighted by Crippen LogP contribution is -2.26. The molecule has 33 heavy (non-hydrogen) atoms. The van der Waals surface area contributed by atoms with E-state index in [2.05, 4.69) is 27.3 Å². The lowest BCUT2D eigenvalue weighted by atomic mass is 9.92. The van der Waals surface area contributed by atoms with E-state index in [0.717, 1.165) is 42.6 Å². The van der Waals surface area contributed by atoms with Crippen LogP contribution in [0, 0.1) is 11.8 Å². The molecule has 0 unspecified atom stereocenters. The number of nitrogens with zero attached hydrogens (tertiary/aromatic N) is 3. The molecular weight excluding hydrogens is 416 g/mol. The molecule has 1 aliphatic carbocycles. The third-order valence-electron chi connectivity index (χ3n) is 6.51. The quantitative estimate of drug-likeness (QED) is 0.518. The maximum absolute atomic E-state index is 12.8. The predicted molar refractivity (Wildman–Crippen MR) is 125 cm³/mol. The zero-order valence-electron chi connectivity index (χ0n) is 19.3. The average molecular weight is 449 g/mol. The van der Waals surface area contributed by atoms with Gasteiger partial charge in [-0.05, 0) is 72.9 Å². The van der Waals surface area contributed by atoms with E-state index in [-0.39, 0.29) is 11.8 Å². The number of carbonyl (C=O) groups excluding carboxylic acids is 1. The van der Waals surface area contributed by atoms with Crippen LogP contribution < -0.4 is 0 Å². The van der Waals surface area contributed by atoms with Gasteiger partial charge in [0.05, 0.1) is 30.6 Å². The summed E-state index contributed by atoms with van der Waals surface area (Å²) in [4.78, 5) is 18.6. The van der Waals surface area contributed by atoms with Crippen LogP contribution in [0.25, 0.3) is 0 Å². The first-order chi connectivity index (χ1) is 16.0. The number of carbonyl (C=O) groups is 1. The van der Waals surface area contributed by atoms with E-state index >= 15 is 0 Å². The maximum Gasteiger partial charge on any atom is 0.253 e. The zero-order valence-corrected chi connectivity index (χ0v) is 19.3. The van der Waals surface area contributed by atoms with E-state index in [4.69, 9.17) is 4.74 Å². The fraction of sp³-hybridized carbons (Fsp3) is 0.423. The van der Waals surface area contributed by atoms with E-state index in [1.54, 1.807) is 31.5 Å². The molecule has 7 nitrogen and oxygen atoms in total. The predicted octanol–water partition coefficient (Wildman–Crippen LogP) is 3.92. The molecule has 2 heterocycles. The minimum Gasteiger partial charge on any atom is -0.388 e. The standard InChI is InChI=1S/C26H32N4O3/c1-30(16-23-14-24(17-33-2)29-28-23)26(32)20-8-5-18(6-9-20)12-19-7-10-21(13-19)25(31)22-4-3-11-27-15-22/h3-6,8-9,11,14-15,19,21,25,31H,7,10,12-13,16-17H2,1-2H3,(H,28,29)/t19-,21-,25-/m0/s1. The molecule has 1 aliphatic rings. The van der Waals surface area contributed by atoms with Crippen LogP contribution in [0.3, 0.4) is 0 Å². The lowest BCUT2D eigenvalue weighted by molar-refractivity contribution is 0.0783. The Bertz CT molecular complexity index is 1040. The van der Waals surface area contributed by atoms with Crippen molar-refractivity contribution in [3.05, 3.63) is 82.9 Å². The van der Waals surface area contributed by atoms with Gasteiger partial charge in [0, 0.05) is 32.1 Å². The van der Waals surface area contributed by atoms with Gasteiger partial charge in [0.25, 0.3) is 5.91 Å². The number of hydrogen-bond donors (Lipinski definition) is 2. The number of pyridine rings is 1. The monoisotopic (exact) mass is 448 g/mol. The van der Waals surface area contributed by atoms with Gasteiger partial charge in [-0.1, -0.05) is 18.2 Å². The number of aromatic nitrogens is 3. The van der Waals surface area contributed by atoms with Gasteiger partial charge in [0.15, 0.2) is 0 Å². The van der Waals surface area contributed by atoms with Crippen LogP contribution in [0.4, 0.5) is 0 Å². The molecule has 3 atom stereocenters. The highest BCUT2D eigenvalue weighted by Crippen LogP contribution is 2.40. The number of aliphatic hydroxyl groups excluding tert-OH is 1. The second-order valence-electron chi connectivity index (χ2n) is 9.05. The summed E-state index contributed by atoms with van der Waals surface area (Å²) in [6, 6.07) is 13.7. The van der Waals surface area contributed by atoms with Crippen molar-refractivity contribution >= 4 is 5.91 Å². The van der Waals surface area contributed by atoms with E-state index in [9.17, 15) is 9.90 Å². The van der Waals surface area contributed by atoms with Crippen LogP contribution in [0.2, 0.25) is 0 Å². The van der Waals surface area contributed by atoms with Crippen LogP contribution in [0.1, 0.15) is 58.2 Å². The molecule has 3 aromatic rings. The number of hydrogen-bond acceptors (Lipinski definition) is 5. The molecule has 0 bridgehead atoms. The molecule has 7 heteroatoms. The first kappa shape index (κ1) is 23.1. The molecule has 0 saturated heterocycles. The third-order valence-corrected chi connectivity index (χ3v) is 6.51. The number of amides is 1. The normalized spacial score (nSPS) is 18.9. The molecule has 2 aromatic heterocycles.